The number of hydrogen-bond acceptors (Lipinski definition) is 5. The summed E-state index contributed by atoms with van der Waals surface area (Å²) in [5.41, 5.74) is 0. The number of rotatable bonds is 34. The van der Waals surface area contributed by atoms with E-state index in [1.54, 1.807) is 6.92 Å². The van der Waals surface area contributed by atoms with Crippen LogP contribution in [0.1, 0.15) is 226 Å². The fraction of sp³-hybridized carbons (Fsp3) is 0.949. The zero-order valence-electron chi connectivity index (χ0n) is 29.7. The van der Waals surface area contributed by atoms with Gasteiger partial charge in [0.1, 0.15) is 0 Å². The van der Waals surface area contributed by atoms with Crippen LogP contribution in [0.25, 0.3) is 0 Å². The zero-order chi connectivity index (χ0) is 32.0. The zero-order valence-corrected chi connectivity index (χ0v) is 29.7. The fourth-order valence-corrected chi connectivity index (χ4v) is 6.12. The van der Waals surface area contributed by atoms with Gasteiger partial charge in [-0.1, -0.05) is 194 Å². The van der Waals surface area contributed by atoms with Gasteiger partial charge in [0.15, 0.2) is 0 Å². The van der Waals surface area contributed by atoms with E-state index in [0.29, 0.717) is 12.8 Å². The van der Waals surface area contributed by atoms with Crippen LogP contribution in [-0.2, 0) is 23.8 Å². The van der Waals surface area contributed by atoms with Crippen LogP contribution >= 0.6 is 0 Å². The summed E-state index contributed by atoms with van der Waals surface area (Å²) in [6, 6.07) is 0. The highest BCUT2D eigenvalue weighted by atomic mass is 16.9. The summed E-state index contributed by atoms with van der Waals surface area (Å²) in [5.74, 6) is -1.62. The molecule has 1 aliphatic rings. The van der Waals surface area contributed by atoms with Crippen LogP contribution in [0.15, 0.2) is 0 Å². The Morgan fingerprint density at radius 1 is 0.455 bits per heavy atom. The molecule has 0 amide bonds. The molecule has 0 radical (unpaired) electrons. The molecule has 0 bridgehead atoms. The van der Waals surface area contributed by atoms with Crippen molar-refractivity contribution in [3.05, 3.63) is 0 Å². The molecule has 1 fully saturated rings. The summed E-state index contributed by atoms with van der Waals surface area (Å²) in [4.78, 5) is 24.4. The van der Waals surface area contributed by atoms with Gasteiger partial charge in [-0.05, 0) is 12.8 Å². The largest absolute Gasteiger partial charge is 0.428 e. The minimum absolute atomic E-state index is 0.258. The minimum atomic E-state index is -1.10. The summed E-state index contributed by atoms with van der Waals surface area (Å²) in [5, 5.41) is 0. The lowest BCUT2D eigenvalue weighted by atomic mass is 10.0. The molecule has 260 valence electrons. The van der Waals surface area contributed by atoms with E-state index in [0.717, 1.165) is 25.7 Å². The van der Waals surface area contributed by atoms with Crippen LogP contribution < -0.4 is 0 Å². The third-order valence-corrected chi connectivity index (χ3v) is 9.24. The van der Waals surface area contributed by atoms with E-state index in [1.807, 2.05) is 0 Å². The molecule has 0 aromatic carbocycles. The highest BCUT2D eigenvalue weighted by Crippen LogP contribution is 2.39. The Bertz CT molecular complexity index is 665. The highest BCUT2D eigenvalue weighted by Gasteiger charge is 2.60. The van der Waals surface area contributed by atoms with Crippen LogP contribution in [-0.4, -0.2) is 24.0 Å². The van der Waals surface area contributed by atoms with E-state index >= 15 is 0 Å². The maximum absolute atomic E-state index is 12.3. The van der Waals surface area contributed by atoms with Crippen LogP contribution in [0.4, 0.5) is 0 Å². The first-order chi connectivity index (χ1) is 21.5. The van der Waals surface area contributed by atoms with Crippen molar-refractivity contribution >= 4 is 11.9 Å². The van der Waals surface area contributed by atoms with E-state index in [-0.39, 0.29) is 11.9 Å². The van der Waals surface area contributed by atoms with Gasteiger partial charge in [-0.3, -0.25) is 14.3 Å². The number of esters is 2. The van der Waals surface area contributed by atoms with Crippen molar-refractivity contribution in [1.82, 2.24) is 0 Å². The topological polar surface area (TPSA) is 65.1 Å². The van der Waals surface area contributed by atoms with Crippen molar-refractivity contribution in [3.8, 4) is 0 Å². The first-order valence-electron chi connectivity index (χ1n) is 19.6. The quantitative estimate of drug-likeness (QED) is 0.0406. The summed E-state index contributed by atoms with van der Waals surface area (Å²) >= 11 is 0. The smallest absolute Gasteiger partial charge is 0.308 e. The Morgan fingerprint density at radius 3 is 1.05 bits per heavy atom. The van der Waals surface area contributed by atoms with E-state index in [1.165, 1.54) is 167 Å². The Kier molecular flexibility index (Phi) is 27.3. The Morgan fingerprint density at radius 2 is 0.727 bits per heavy atom. The molecule has 0 aliphatic carbocycles. The SMILES string of the molecule is CCCCCCCCCCCCCCCCCC(=O)OC1OC1(C)OC(=O)CCCCCCCCCCCCCCCCC. The number of carbonyl (C=O) groups is 2. The van der Waals surface area contributed by atoms with Gasteiger partial charge < -0.3 is 9.47 Å². The molecule has 0 aromatic heterocycles. The number of unbranched alkanes of at least 4 members (excludes halogenated alkanes) is 28. The molecule has 0 aromatic rings. The van der Waals surface area contributed by atoms with Gasteiger partial charge in [0, 0.05) is 19.8 Å². The van der Waals surface area contributed by atoms with Crippen LogP contribution in [0.2, 0.25) is 0 Å². The molecule has 5 nitrogen and oxygen atoms in total. The molecule has 1 rings (SSSR count). The second kappa shape index (κ2) is 29.3. The molecule has 44 heavy (non-hydrogen) atoms. The monoisotopic (exact) mass is 623 g/mol. The fourth-order valence-electron chi connectivity index (χ4n) is 6.12. The van der Waals surface area contributed by atoms with Crippen molar-refractivity contribution in [2.24, 2.45) is 0 Å². The lowest BCUT2D eigenvalue weighted by Crippen LogP contribution is -2.23. The first-order valence-corrected chi connectivity index (χ1v) is 19.6. The molecule has 2 atom stereocenters. The van der Waals surface area contributed by atoms with Gasteiger partial charge in [0.2, 0.25) is 0 Å². The van der Waals surface area contributed by atoms with Crippen molar-refractivity contribution in [2.75, 3.05) is 0 Å². The Labute approximate surface area is 273 Å². The maximum Gasteiger partial charge on any atom is 0.308 e. The molecule has 0 spiro atoms. The van der Waals surface area contributed by atoms with Gasteiger partial charge in [-0.25, -0.2) is 0 Å². The summed E-state index contributed by atoms with van der Waals surface area (Å²) in [7, 11) is 0. The molecule has 5 heteroatoms. The average Bonchev–Trinajstić information content (AvgIpc) is 3.63. The normalized spacial score (nSPS) is 17.6. The molecule has 1 aliphatic heterocycles. The first kappa shape index (κ1) is 40.9. The highest BCUT2D eigenvalue weighted by molar-refractivity contribution is 5.71. The second-order valence-corrected chi connectivity index (χ2v) is 13.8. The van der Waals surface area contributed by atoms with E-state index < -0.39 is 12.1 Å². The van der Waals surface area contributed by atoms with Gasteiger partial charge in [-0.2, -0.15) is 0 Å². The molecule has 1 heterocycles. The number of hydrogen-bond donors (Lipinski definition) is 0. The van der Waals surface area contributed by atoms with Crippen molar-refractivity contribution < 1.29 is 23.8 Å². The summed E-state index contributed by atoms with van der Waals surface area (Å²) < 4.78 is 16.3. The van der Waals surface area contributed by atoms with E-state index in [9.17, 15) is 9.59 Å². The Hall–Kier alpha value is -1.10. The van der Waals surface area contributed by atoms with Crippen molar-refractivity contribution in [3.63, 3.8) is 0 Å². The lowest BCUT2D eigenvalue weighted by molar-refractivity contribution is -0.160. The van der Waals surface area contributed by atoms with Crippen LogP contribution in [0.3, 0.4) is 0 Å². The van der Waals surface area contributed by atoms with Crippen LogP contribution in [0.5, 0.6) is 0 Å². The number of carbonyl (C=O) groups excluding carboxylic acids is 2. The average molecular weight is 623 g/mol. The summed E-state index contributed by atoms with van der Waals surface area (Å²) in [6.07, 6.45) is 39.1. The van der Waals surface area contributed by atoms with Crippen molar-refractivity contribution in [2.45, 2.75) is 238 Å². The second-order valence-electron chi connectivity index (χ2n) is 13.8. The summed E-state index contributed by atoms with van der Waals surface area (Å²) in [6.45, 7) is 6.23. The standard InChI is InChI=1S/C39H74O5/c1-4-6-8-10-12-14-16-18-20-22-24-26-28-30-32-34-36(40)42-38-39(3,44-38)43-37(41)35-33-31-29-27-25-23-21-19-17-15-13-11-9-7-5-2/h38H,4-35H2,1-3H3. The molecular weight excluding hydrogens is 548 g/mol. The third kappa shape index (κ3) is 25.1. The number of ether oxygens (including phenoxy) is 3. The molecule has 0 saturated carbocycles. The minimum Gasteiger partial charge on any atom is -0.428 e. The molecular formula is C39H74O5. The molecule has 2 unspecified atom stereocenters. The van der Waals surface area contributed by atoms with Crippen molar-refractivity contribution in [1.29, 1.82) is 0 Å². The predicted molar refractivity (Wildman–Crippen MR) is 185 cm³/mol. The lowest BCUT2D eigenvalue weighted by Gasteiger charge is -2.09. The molecule has 1 saturated heterocycles. The van der Waals surface area contributed by atoms with E-state index in [4.69, 9.17) is 14.2 Å². The van der Waals surface area contributed by atoms with Gasteiger partial charge in [0.05, 0.1) is 0 Å². The predicted octanol–water partition coefficient (Wildman–Crippen LogP) is 12.7. The molecule has 0 N–H and O–H groups in total. The van der Waals surface area contributed by atoms with Gasteiger partial charge >= 0.3 is 11.9 Å². The van der Waals surface area contributed by atoms with Gasteiger partial charge in [0.25, 0.3) is 12.1 Å². The van der Waals surface area contributed by atoms with Crippen LogP contribution in [0, 0.1) is 0 Å². The maximum atomic E-state index is 12.3. The Balaban J connectivity index is 1.85. The van der Waals surface area contributed by atoms with Gasteiger partial charge in [-0.15, -0.1) is 0 Å². The van der Waals surface area contributed by atoms with E-state index in [2.05, 4.69) is 13.8 Å². The third-order valence-electron chi connectivity index (χ3n) is 9.24. The number of epoxide rings is 1.